The number of hydrogen-bond acceptors (Lipinski definition) is 5. The Morgan fingerprint density at radius 2 is 2.25 bits per heavy atom. The molecule has 1 aromatic heterocycles. The molecule has 1 saturated heterocycles. The van der Waals surface area contributed by atoms with Crippen LogP contribution in [0, 0.1) is 17.1 Å². The van der Waals surface area contributed by atoms with Gasteiger partial charge in [0.25, 0.3) is 0 Å². The van der Waals surface area contributed by atoms with Gasteiger partial charge >= 0.3 is 0 Å². The molecule has 0 bridgehead atoms. The van der Waals surface area contributed by atoms with E-state index in [9.17, 15) is 9.50 Å². The maximum absolute atomic E-state index is 13.4. The third kappa shape index (κ3) is 3.16. The molecule has 1 aromatic carbocycles. The van der Waals surface area contributed by atoms with E-state index >= 15 is 0 Å². The van der Waals surface area contributed by atoms with E-state index in [-0.39, 0.29) is 11.6 Å². The molecule has 24 heavy (non-hydrogen) atoms. The van der Waals surface area contributed by atoms with Gasteiger partial charge in [-0.25, -0.2) is 9.07 Å². The third-order valence-corrected chi connectivity index (χ3v) is 4.40. The van der Waals surface area contributed by atoms with Gasteiger partial charge in [-0.3, -0.25) is 4.90 Å². The molecule has 126 valence electrons. The fourth-order valence-electron chi connectivity index (χ4n) is 2.97. The molecular weight excluding hydrogens is 309 g/mol. The minimum Gasteiger partial charge on any atom is -0.382 e. The fraction of sp³-hybridized carbons (Fsp3) is 0.471. The molecule has 0 spiro atoms. The van der Waals surface area contributed by atoms with Crippen molar-refractivity contribution < 1.29 is 9.50 Å². The molecular formula is C17H20FN5O. The summed E-state index contributed by atoms with van der Waals surface area (Å²) in [6.07, 6.45) is 2.36. The molecule has 1 N–H and O–H groups in total. The van der Waals surface area contributed by atoms with E-state index in [1.165, 1.54) is 6.07 Å². The molecule has 7 heteroatoms. The summed E-state index contributed by atoms with van der Waals surface area (Å²) < 4.78 is 15.1. The summed E-state index contributed by atoms with van der Waals surface area (Å²) in [7, 11) is 0. The molecule has 0 radical (unpaired) electrons. The Bertz CT molecular complexity index is 782. The lowest BCUT2D eigenvalue weighted by atomic mass is 10.00. The van der Waals surface area contributed by atoms with Crippen molar-refractivity contribution in [2.24, 2.45) is 0 Å². The average Bonchev–Trinajstić information content (AvgIpc) is 3.17. The smallest absolute Gasteiger partial charge is 0.140 e. The number of β-amino-alcohol motifs (C(OH)–C–C–N with tert-alkyl or cyclic N) is 1. The van der Waals surface area contributed by atoms with Gasteiger partial charge < -0.3 is 5.11 Å². The first-order valence-corrected chi connectivity index (χ1v) is 7.97. The van der Waals surface area contributed by atoms with Gasteiger partial charge in [0, 0.05) is 25.7 Å². The highest BCUT2D eigenvalue weighted by atomic mass is 19.1. The molecule has 6 nitrogen and oxygen atoms in total. The van der Waals surface area contributed by atoms with Gasteiger partial charge in [0.15, 0.2) is 0 Å². The summed E-state index contributed by atoms with van der Waals surface area (Å²) in [6, 6.07) is 6.58. The Labute approximate surface area is 140 Å². The topological polar surface area (TPSA) is 78.0 Å². The van der Waals surface area contributed by atoms with Crippen LogP contribution in [0.15, 0.2) is 24.4 Å². The Morgan fingerprint density at radius 3 is 2.92 bits per heavy atom. The SMILES string of the molecule is CC(C)n1cc(C2(O)CCN(Cc3ccc(F)c(C#N)c3)C2)nn1. The molecule has 3 rings (SSSR count). The van der Waals surface area contributed by atoms with Gasteiger partial charge in [0.05, 0.1) is 11.8 Å². The maximum atomic E-state index is 13.4. The van der Waals surface area contributed by atoms with E-state index in [4.69, 9.17) is 5.26 Å². The minimum atomic E-state index is -1.02. The Morgan fingerprint density at radius 1 is 1.46 bits per heavy atom. The van der Waals surface area contributed by atoms with E-state index in [0.717, 1.165) is 5.56 Å². The van der Waals surface area contributed by atoms with Crippen molar-refractivity contribution in [2.75, 3.05) is 13.1 Å². The summed E-state index contributed by atoms with van der Waals surface area (Å²) in [6.45, 7) is 5.69. The van der Waals surface area contributed by atoms with Crippen LogP contribution in [0.1, 0.15) is 43.1 Å². The Balaban J connectivity index is 1.71. The second kappa shape index (κ2) is 6.30. The van der Waals surface area contributed by atoms with Crippen LogP contribution < -0.4 is 0 Å². The lowest BCUT2D eigenvalue weighted by Crippen LogP contribution is -2.31. The number of likely N-dealkylation sites (tertiary alicyclic amines) is 1. The number of hydrogen-bond donors (Lipinski definition) is 1. The van der Waals surface area contributed by atoms with Crippen molar-refractivity contribution in [1.82, 2.24) is 19.9 Å². The maximum Gasteiger partial charge on any atom is 0.140 e. The highest BCUT2D eigenvalue weighted by Crippen LogP contribution is 2.31. The summed E-state index contributed by atoms with van der Waals surface area (Å²) in [5.41, 5.74) is 0.450. The van der Waals surface area contributed by atoms with Gasteiger partial charge in [-0.2, -0.15) is 5.26 Å². The molecule has 2 aromatic rings. The van der Waals surface area contributed by atoms with Gasteiger partial charge in [0.1, 0.15) is 23.2 Å². The second-order valence-corrected chi connectivity index (χ2v) is 6.60. The standard InChI is InChI=1S/C17H20FN5O/c1-12(2)23-10-16(20-21-23)17(24)5-6-22(11-17)9-13-3-4-15(18)14(7-13)8-19/h3-4,7,10,12,24H,5-6,9,11H2,1-2H3. The fourth-order valence-corrected chi connectivity index (χ4v) is 2.97. The van der Waals surface area contributed by atoms with Crippen LogP contribution in [0.5, 0.6) is 0 Å². The molecule has 0 saturated carbocycles. The minimum absolute atomic E-state index is 0.0434. The summed E-state index contributed by atoms with van der Waals surface area (Å²) in [5.74, 6) is -0.510. The monoisotopic (exact) mass is 329 g/mol. The molecule has 1 aliphatic heterocycles. The van der Waals surface area contributed by atoms with E-state index in [1.807, 2.05) is 19.9 Å². The van der Waals surface area contributed by atoms with Crippen molar-refractivity contribution in [3.8, 4) is 6.07 Å². The van der Waals surface area contributed by atoms with Gasteiger partial charge in [-0.15, -0.1) is 5.10 Å². The highest BCUT2D eigenvalue weighted by molar-refractivity contribution is 5.34. The molecule has 1 aliphatic rings. The summed E-state index contributed by atoms with van der Waals surface area (Å²) in [5, 5.41) is 28.0. The highest BCUT2D eigenvalue weighted by Gasteiger charge is 2.40. The lowest BCUT2D eigenvalue weighted by Gasteiger charge is -2.21. The van der Waals surface area contributed by atoms with Crippen LogP contribution in [-0.2, 0) is 12.1 Å². The molecule has 0 aliphatic carbocycles. The predicted molar refractivity (Wildman–Crippen MR) is 85.3 cm³/mol. The average molecular weight is 329 g/mol. The number of aliphatic hydroxyl groups is 1. The molecule has 1 fully saturated rings. The normalized spacial score (nSPS) is 21.3. The van der Waals surface area contributed by atoms with Crippen molar-refractivity contribution in [3.05, 3.63) is 47.0 Å². The van der Waals surface area contributed by atoms with Crippen LogP contribution >= 0.6 is 0 Å². The summed E-state index contributed by atoms with van der Waals surface area (Å²) >= 11 is 0. The number of rotatable bonds is 4. The van der Waals surface area contributed by atoms with Crippen LogP contribution in [0.25, 0.3) is 0 Å². The number of halogens is 1. The largest absolute Gasteiger partial charge is 0.382 e. The van der Waals surface area contributed by atoms with Crippen LogP contribution in [0.3, 0.4) is 0 Å². The zero-order chi connectivity index (χ0) is 17.3. The van der Waals surface area contributed by atoms with E-state index in [0.29, 0.717) is 31.7 Å². The zero-order valence-electron chi connectivity index (χ0n) is 13.8. The van der Waals surface area contributed by atoms with Gasteiger partial charge in [-0.1, -0.05) is 11.3 Å². The van der Waals surface area contributed by atoms with Crippen molar-refractivity contribution in [3.63, 3.8) is 0 Å². The first kappa shape index (κ1) is 16.6. The Hall–Kier alpha value is -2.30. The van der Waals surface area contributed by atoms with Gasteiger partial charge in [0.2, 0.25) is 0 Å². The van der Waals surface area contributed by atoms with E-state index in [2.05, 4.69) is 15.2 Å². The first-order valence-electron chi connectivity index (χ1n) is 7.97. The lowest BCUT2D eigenvalue weighted by molar-refractivity contribution is 0.0408. The van der Waals surface area contributed by atoms with Gasteiger partial charge in [-0.05, 0) is 38.0 Å². The number of nitriles is 1. The van der Waals surface area contributed by atoms with E-state index in [1.54, 1.807) is 23.0 Å². The van der Waals surface area contributed by atoms with Crippen molar-refractivity contribution in [2.45, 2.75) is 38.5 Å². The molecule has 2 heterocycles. The number of nitrogens with zero attached hydrogens (tertiary/aromatic N) is 5. The first-order chi connectivity index (χ1) is 11.4. The van der Waals surface area contributed by atoms with Crippen molar-refractivity contribution in [1.29, 1.82) is 5.26 Å². The van der Waals surface area contributed by atoms with Crippen LogP contribution in [0.2, 0.25) is 0 Å². The third-order valence-electron chi connectivity index (χ3n) is 4.40. The van der Waals surface area contributed by atoms with Crippen molar-refractivity contribution >= 4 is 0 Å². The second-order valence-electron chi connectivity index (χ2n) is 6.60. The van der Waals surface area contributed by atoms with Crippen LogP contribution in [0.4, 0.5) is 4.39 Å². The number of aromatic nitrogens is 3. The predicted octanol–water partition coefficient (Wildman–Crippen LogP) is 1.96. The Kier molecular flexibility index (Phi) is 4.35. The number of benzene rings is 1. The molecule has 0 amide bonds. The molecule has 1 atom stereocenters. The zero-order valence-corrected chi connectivity index (χ0v) is 13.8. The summed E-state index contributed by atoms with van der Waals surface area (Å²) in [4.78, 5) is 2.07. The van der Waals surface area contributed by atoms with E-state index < -0.39 is 11.4 Å². The van der Waals surface area contributed by atoms with Crippen LogP contribution in [-0.4, -0.2) is 38.1 Å². The quantitative estimate of drug-likeness (QED) is 0.928. The molecule has 1 unspecified atom stereocenters.